The molecule has 0 aromatic heterocycles. The molecule has 0 saturated heterocycles. The molecule has 0 bridgehead atoms. The van der Waals surface area contributed by atoms with Gasteiger partial charge in [0.1, 0.15) is 11.4 Å². The fraction of sp³-hybridized carbons (Fsp3) is 0.929. The Kier molecular flexibility index (Phi) is 3.10. The van der Waals surface area contributed by atoms with Crippen molar-refractivity contribution in [2.75, 3.05) is 0 Å². The average molecular weight is 252 g/mol. The Balaban J connectivity index is 1.86. The van der Waals surface area contributed by atoms with E-state index in [1.807, 2.05) is 0 Å². The Labute approximate surface area is 108 Å². The van der Waals surface area contributed by atoms with Gasteiger partial charge in [-0.1, -0.05) is 19.3 Å². The summed E-state index contributed by atoms with van der Waals surface area (Å²) in [6, 6.07) is 0.139. The molecule has 2 saturated carbocycles. The Hall–Kier alpha value is -0.610. The zero-order valence-corrected chi connectivity index (χ0v) is 10.9. The third-order valence-electron chi connectivity index (χ3n) is 5.29. The van der Waals surface area contributed by atoms with Crippen molar-refractivity contribution in [2.24, 2.45) is 22.6 Å². The number of hydrogen-bond acceptors (Lipinski definition) is 4. The highest BCUT2D eigenvalue weighted by atomic mass is 16.3. The van der Waals surface area contributed by atoms with Gasteiger partial charge in [-0.2, -0.15) is 0 Å². The Morgan fingerprint density at radius 2 is 1.83 bits per heavy atom. The van der Waals surface area contributed by atoms with Gasteiger partial charge in [0.25, 0.3) is 0 Å². The van der Waals surface area contributed by atoms with E-state index in [0.717, 1.165) is 25.7 Å². The molecule has 0 amide bonds. The fourth-order valence-electron chi connectivity index (χ4n) is 4.29. The van der Waals surface area contributed by atoms with Gasteiger partial charge in [-0.15, -0.1) is 0 Å². The molecule has 18 heavy (non-hydrogen) atoms. The molecule has 4 N–H and O–H groups in total. The first-order chi connectivity index (χ1) is 8.62. The van der Waals surface area contributed by atoms with E-state index >= 15 is 0 Å². The Morgan fingerprint density at radius 3 is 2.56 bits per heavy atom. The minimum atomic E-state index is -0.938. The van der Waals surface area contributed by atoms with Gasteiger partial charge < -0.3 is 15.9 Å². The molecule has 4 heteroatoms. The van der Waals surface area contributed by atoms with Crippen molar-refractivity contribution in [3.63, 3.8) is 0 Å². The predicted octanol–water partition coefficient (Wildman–Crippen LogP) is 1.20. The number of hydrogen-bond donors (Lipinski definition) is 3. The largest absolute Gasteiger partial charge is 0.393 e. The fourth-order valence-corrected chi connectivity index (χ4v) is 4.29. The average Bonchev–Trinajstić information content (AvgIpc) is 2.64. The first-order valence-corrected chi connectivity index (χ1v) is 7.36. The van der Waals surface area contributed by atoms with Crippen molar-refractivity contribution in [1.82, 2.24) is 0 Å². The van der Waals surface area contributed by atoms with Crippen LogP contribution in [0.3, 0.4) is 0 Å². The molecule has 3 rings (SSSR count). The lowest BCUT2D eigenvalue weighted by molar-refractivity contribution is -0.0504. The molecule has 0 aromatic carbocycles. The molecule has 0 spiro atoms. The van der Waals surface area contributed by atoms with Crippen LogP contribution < -0.4 is 5.73 Å². The van der Waals surface area contributed by atoms with E-state index in [1.165, 1.54) is 19.3 Å². The maximum atomic E-state index is 11.1. The van der Waals surface area contributed by atoms with Crippen molar-refractivity contribution in [2.45, 2.75) is 69.1 Å². The van der Waals surface area contributed by atoms with Crippen LogP contribution in [0.4, 0.5) is 0 Å². The summed E-state index contributed by atoms with van der Waals surface area (Å²) >= 11 is 0. The molecule has 4 unspecified atom stereocenters. The van der Waals surface area contributed by atoms with Crippen LogP contribution in [0.15, 0.2) is 4.99 Å². The minimum absolute atomic E-state index is 0.0457. The summed E-state index contributed by atoms with van der Waals surface area (Å²) in [7, 11) is 0. The van der Waals surface area contributed by atoms with Gasteiger partial charge in [0.05, 0.1) is 12.1 Å². The minimum Gasteiger partial charge on any atom is -0.393 e. The molecular formula is C14H24N2O2. The summed E-state index contributed by atoms with van der Waals surface area (Å²) in [5.74, 6) is 0.734. The first kappa shape index (κ1) is 12.4. The molecule has 1 aliphatic heterocycles. The van der Waals surface area contributed by atoms with Crippen molar-refractivity contribution in [3.05, 3.63) is 0 Å². The number of nitrogens with zero attached hydrogens (tertiary/aromatic N) is 1. The lowest BCUT2D eigenvalue weighted by Gasteiger charge is -2.43. The summed E-state index contributed by atoms with van der Waals surface area (Å²) in [6.07, 6.45) is 7.74. The number of rotatable bonds is 1. The van der Waals surface area contributed by atoms with Crippen LogP contribution in [0, 0.1) is 11.8 Å². The monoisotopic (exact) mass is 252 g/mol. The van der Waals surface area contributed by atoms with Gasteiger partial charge in [0, 0.05) is 5.92 Å². The van der Waals surface area contributed by atoms with Gasteiger partial charge >= 0.3 is 0 Å². The second-order valence-corrected chi connectivity index (χ2v) is 6.32. The van der Waals surface area contributed by atoms with Crippen LogP contribution in [-0.2, 0) is 0 Å². The van der Waals surface area contributed by atoms with E-state index in [-0.39, 0.29) is 24.0 Å². The van der Waals surface area contributed by atoms with E-state index in [9.17, 15) is 10.2 Å². The van der Waals surface area contributed by atoms with E-state index < -0.39 is 5.60 Å². The van der Waals surface area contributed by atoms with E-state index in [1.54, 1.807) is 0 Å². The van der Waals surface area contributed by atoms with Crippen LogP contribution in [0.2, 0.25) is 0 Å². The van der Waals surface area contributed by atoms with Crippen molar-refractivity contribution >= 4 is 5.84 Å². The van der Waals surface area contributed by atoms with Gasteiger partial charge in [0.15, 0.2) is 0 Å². The number of aliphatic hydroxyl groups excluding tert-OH is 1. The SMILES string of the molecule is NC1=NC2CCC(O)CC2C1(O)C1CCCCC1. The number of aliphatic imine (C=N–C) groups is 1. The summed E-state index contributed by atoms with van der Waals surface area (Å²) in [5, 5.41) is 21.0. The van der Waals surface area contributed by atoms with Gasteiger partial charge in [-0.05, 0) is 38.0 Å². The third-order valence-corrected chi connectivity index (χ3v) is 5.29. The molecule has 4 nitrogen and oxygen atoms in total. The normalized spacial score (nSPS) is 45.7. The van der Waals surface area contributed by atoms with Crippen molar-refractivity contribution in [1.29, 1.82) is 0 Å². The van der Waals surface area contributed by atoms with E-state index in [0.29, 0.717) is 12.3 Å². The van der Waals surface area contributed by atoms with Crippen LogP contribution >= 0.6 is 0 Å². The standard InChI is InChI=1S/C14H24N2O2/c15-13-14(18,9-4-2-1-3-5-9)11-8-10(17)6-7-12(11)16-13/h9-12,17-18H,1-8H2,(H2,15,16). The number of amidine groups is 1. The third kappa shape index (κ3) is 1.77. The highest BCUT2D eigenvalue weighted by Crippen LogP contribution is 2.47. The Morgan fingerprint density at radius 1 is 1.11 bits per heavy atom. The molecular weight excluding hydrogens is 228 g/mol. The summed E-state index contributed by atoms with van der Waals surface area (Å²) in [4.78, 5) is 4.51. The zero-order chi connectivity index (χ0) is 12.8. The van der Waals surface area contributed by atoms with Crippen LogP contribution in [-0.4, -0.2) is 33.8 Å². The van der Waals surface area contributed by atoms with Crippen LogP contribution in [0.1, 0.15) is 51.4 Å². The van der Waals surface area contributed by atoms with Crippen molar-refractivity contribution in [3.8, 4) is 0 Å². The first-order valence-electron chi connectivity index (χ1n) is 7.36. The van der Waals surface area contributed by atoms with E-state index in [4.69, 9.17) is 5.73 Å². The highest BCUT2D eigenvalue weighted by Gasteiger charge is 2.55. The molecule has 3 aliphatic rings. The molecule has 0 aromatic rings. The molecule has 0 radical (unpaired) electrons. The van der Waals surface area contributed by atoms with E-state index in [2.05, 4.69) is 4.99 Å². The van der Waals surface area contributed by atoms with Gasteiger partial charge in [0.2, 0.25) is 0 Å². The molecule has 4 atom stereocenters. The maximum absolute atomic E-state index is 11.1. The smallest absolute Gasteiger partial charge is 0.129 e. The summed E-state index contributed by atoms with van der Waals surface area (Å²) in [5.41, 5.74) is 5.13. The molecule has 2 aliphatic carbocycles. The maximum Gasteiger partial charge on any atom is 0.129 e. The summed E-state index contributed by atoms with van der Waals surface area (Å²) in [6.45, 7) is 0. The van der Waals surface area contributed by atoms with Gasteiger partial charge in [-0.25, -0.2) is 0 Å². The topological polar surface area (TPSA) is 78.8 Å². The second-order valence-electron chi connectivity index (χ2n) is 6.32. The van der Waals surface area contributed by atoms with Crippen molar-refractivity contribution < 1.29 is 10.2 Å². The molecule has 1 heterocycles. The number of nitrogens with two attached hydrogens (primary N) is 1. The predicted molar refractivity (Wildman–Crippen MR) is 70.3 cm³/mol. The lowest BCUT2D eigenvalue weighted by atomic mass is 9.66. The number of aliphatic hydroxyl groups is 2. The quantitative estimate of drug-likeness (QED) is 0.656. The zero-order valence-electron chi connectivity index (χ0n) is 10.9. The van der Waals surface area contributed by atoms with Crippen LogP contribution in [0.25, 0.3) is 0 Å². The lowest BCUT2D eigenvalue weighted by Crippen LogP contribution is -2.55. The van der Waals surface area contributed by atoms with Gasteiger partial charge in [-0.3, -0.25) is 4.99 Å². The number of fused-ring (bicyclic) bond motifs is 1. The summed E-state index contributed by atoms with van der Waals surface area (Å²) < 4.78 is 0. The highest BCUT2D eigenvalue weighted by molar-refractivity contribution is 5.91. The van der Waals surface area contributed by atoms with Crippen LogP contribution in [0.5, 0.6) is 0 Å². The second kappa shape index (κ2) is 4.49. The molecule has 2 fully saturated rings. The Bertz CT molecular complexity index is 352. The molecule has 102 valence electrons.